The summed E-state index contributed by atoms with van der Waals surface area (Å²) in [5.41, 5.74) is 4.32. The Hall–Kier alpha value is -2.53. The summed E-state index contributed by atoms with van der Waals surface area (Å²) in [6.07, 6.45) is 0.327. The Kier molecular flexibility index (Phi) is 6.35. The number of anilines is 2. The van der Waals surface area contributed by atoms with E-state index < -0.39 is 0 Å². The van der Waals surface area contributed by atoms with Gasteiger partial charge in [-0.3, -0.25) is 4.79 Å². The second-order valence-electron chi connectivity index (χ2n) is 7.25. The number of rotatable bonds is 6. The summed E-state index contributed by atoms with van der Waals surface area (Å²) in [7, 11) is 2.16. The number of piperazine rings is 1. The van der Waals surface area contributed by atoms with Crippen LogP contribution in [0.25, 0.3) is 0 Å². The minimum Gasteiger partial charge on any atom is -0.493 e. The van der Waals surface area contributed by atoms with Gasteiger partial charge in [0.15, 0.2) is 0 Å². The molecule has 0 unspecified atom stereocenters. The van der Waals surface area contributed by atoms with Crippen molar-refractivity contribution in [3.8, 4) is 5.75 Å². The summed E-state index contributed by atoms with van der Waals surface area (Å²) in [4.78, 5) is 17.0. The van der Waals surface area contributed by atoms with Crippen LogP contribution in [0, 0.1) is 13.8 Å². The highest BCUT2D eigenvalue weighted by Crippen LogP contribution is 2.24. The smallest absolute Gasteiger partial charge is 0.227 e. The molecule has 1 fully saturated rings. The van der Waals surface area contributed by atoms with Crippen LogP contribution >= 0.6 is 0 Å². The van der Waals surface area contributed by atoms with Gasteiger partial charge in [0.1, 0.15) is 5.75 Å². The van der Waals surface area contributed by atoms with Crippen molar-refractivity contribution in [2.75, 3.05) is 50.1 Å². The first-order valence-electron chi connectivity index (χ1n) is 9.55. The van der Waals surface area contributed by atoms with Crippen molar-refractivity contribution in [3.05, 3.63) is 53.6 Å². The monoisotopic (exact) mass is 367 g/mol. The lowest BCUT2D eigenvalue weighted by Gasteiger charge is -2.34. The van der Waals surface area contributed by atoms with Gasteiger partial charge in [-0.05, 0) is 62.4 Å². The number of benzene rings is 2. The van der Waals surface area contributed by atoms with Gasteiger partial charge in [-0.1, -0.05) is 12.1 Å². The lowest BCUT2D eigenvalue weighted by atomic mass is 10.1. The van der Waals surface area contributed by atoms with Gasteiger partial charge in [-0.2, -0.15) is 0 Å². The highest BCUT2D eigenvalue weighted by molar-refractivity contribution is 5.91. The Bertz CT molecular complexity index is 783. The Morgan fingerprint density at radius 3 is 2.56 bits per heavy atom. The zero-order chi connectivity index (χ0) is 19.2. The summed E-state index contributed by atoms with van der Waals surface area (Å²) in [5, 5.41) is 3.00. The van der Waals surface area contributed by atoms with Gasteiger partial charge in [-0.15, -0.1) is 0 Å². The first-order valence-corrected chi connectivity index (χ1v) is 9.55. The molecule has 1 aliphatic rings. The number of nitrogens with one attached hydrogen (secondary N) is 1. The molecule has 0 saturated carbocycles. The van der Waals surface area contributed by atoms with E-state index in [1.165, 1.54) is 5.69 Å². The molecule has 0 radical (unpaired) electrons. The second kappa shape index (κ2) is 8.91. The lowest BCUT2D eigenvalue weighted by molar-refractivity contribution is -0.116. The van der Waals surface area contributed by atoms with E-state index in [-0.39, 0.29) is 5.91 Å². The highest BCUT2D eigenvalue weighted by atomic mass is 16.5. The molecule has 144 valence electrons. The van der Waals surface area contributed by atoms with Gasteiger partial charge in [0.2, 0.25) is 5.91 Å². The summed E-state index contributed by atoms with van der Waals surface area (Å²) < 4.78 is 5.66. The van der Waals surface area contributed by atoms with Crippen molar-refractivity contribution in [1.82, 2.24) is 4.90 Å². The molecule has 2 aromatic carbocycles. The molecule has 3 rings (SSSR count). The Morgan fingerprint density at radius 2 is 1.85 bits per heavy atom. The number of amides is 1. The van der Waals surface area contributed by atoms with E-state index in [0.29, 0.717) is 13.0 Å². The fraction of sp³-hybridized carbons (Fsp3) is 0.409. The Labute approximate surface area is 161 Å². The third-order valence-electron chi connectivity index (χ3n) is 4.94. The molecule has 27 heavy (non-hydrogen) atoms. The van der Waals surface area contributed by atoms with Crippen LogP contribution in [0.15, 0.2) is 42.5 Å². The number of ether oxygens (including phenoxy) is 1. The third kappa shape index (κ3) is 5.47. The Morgan fingerprint density at radius 1 is 1.07 bits per heavy atom. The quantitative estimate of drug-likeness (QED) is 0.849. The standard InChI is InChI=1S/C22H29N3O2/c1-17-5-4-6-20(15-17)27-14-9-22(26)23-21-8-7-19(16-18(21)2)25-12-10-24(3)11-13-25/h4-8,15-16H,9-14H2,1-3H3,(H,23,26). The largest absolute Gasteiger partial charge is 0.493 e. The molecule has 1 N–H and O–H groups in total. The molecule has 1 aliphatic heterocycles. The van der Waals surface area contributed by atoms with Crippen LogP contribution in [0.3, 0.4) is 0 Å². The third-order valence-corrected chi connectivity index (χ3v) is 4.94. The van der Waals surface area contributed by atoms with Crippen LogP contribution in [-0.4, -0.2) is 50.6 Å². The maximum Gasteiger partial charge on any atom is 0.227 e. The average molecular weight is 367 g/mol. The van der Waals surface area contributed by atoms with Crippen LogP contribution in [0.4, 0.5) is 11.4 Å². The van der Waals surface area contributed by atoms with Crippen molar-refractivity contribution >= 4 is 17.3 Å². The van der Waals surface area contributed by atoms with Crippen molar-refractivity contribution < 1.29 is 9.53 Å². The molecule has 1 amide bonds. The molecule has 0 spiro atoms. The van der Waals surface area contributed by atoms with Gasteiger partial charge in [0, 0.05) is 37.6 Å². The van der Waals surface area contributed by atoms with Gasteiger partial charge in [-0.25, -0.2) is 0 Å². The minimum absolute atomic E-state index is 0.0295. The van der Waals surface area contributed by atoms with Crippen molar-refractivity contribution in [3.63, 3.8) is 0 Å². The van der Waals surface area contributed by atoms with E-state index in [1.54, 1.807) is 0 Å². The number of aryl methyl sites for hydroxylation is 2. The zero-order valence-electron chi connectivity index (χ0n) is 16.5. The first kappa shape index (κ1) is 19.2. The van der Waals surface area contributed by atoms with Crippen LogP contribution in [0.1, 0.15) is 17.5 Å². The van der Waals surface area contributed by atoms with Gasteiger partial charge >= 0.3 is 0 Å². The van der Waals surface area contributed by atoms with E-state index in [9.17, 15) is 4.79 Å². The molecule has 0 bridgehead atoms. The molecule has 5 nitrogen and oxygen atoms in total. The number of carbonyl (C=O) groups is 1. The lowest BCUT2D eigenvalue weighted by Crippen LogP contribution is -2.44. The SMILES string of the molecule is Cc1cccc(OCCC(=O)Nc2ccc(N3CCN(C)CC3)cc2C)c1. The number of carbonyl (C=O) groups excluding carboxylic acids is 1. The van der Waals surface area contributed by atoms with E-state index in [4.69, 9.17) is 4.74 Å². The summed E-state index contributed by atoms with van der Waals surface area (Å²) in [5.74, 6) is 0.772. The fourth-order valence-electron chi connectivity index (χ4n) is 3.23. The summed E-state index contributed by atoms with van der Waals surface area (Å²) in [6, 6.07) is 14.1. The summed E-state index contributed by atoms with van der Waals surface area (Å²) >= 11 is 0. The number of hydrogen-bond donors (Lipinski definition) is 1. The van der Waals surface area contributed by atoms with Gasteiger partial charge in [0.25, 0.3) is 0 Å². The molecule has 0 atom stereocenters. The van der Waals surface area contributed by atoms with E-state index in [2.05, 4.69) is 34.3 Å². The molecule has 5 heteroatoms. The highest BCUT2D eigenvalue weighted by Gasteiger charge is 2.15. The van der Waals surface area contributed by atoms with Crippen molar-refractivity contribution in [1.29, 1.82) is 0 Å². The zero-order valence-corrected chi connectivity index (χ0v) is 16.5. The normalized spacial score (nSPS) is 14.9. The van der Waals surface area contributed by atoms with Crippen molar-refractivity contribution in [2.24, 2.45) is 0 Å². The molecule has 1 heterocycles. The predicted octanol–water partition coefficient (Wildman–Crippen LogP) is 3.46. The van der Waals surface area contributed by atoms with E-state index in [1.807, 2.05) is 44.2 Å². The summed E-state index contributed by atoms with van der Waals surface area (Å²) in [6.45, 7) is 8.67. The van der Waals surface area contributed by atoms with Gasteiger partial charge < -0.3 is 19.9 Å². The fourth-order valence-corrected chi connectivity index (χ4v) is 3.23. The first-order chi connectivity index (χ1) is 13.0. The Balaban J connectivity index is 1.50. The predicted molar refractivity (Wildman–Crippen MR) is 111 cm³/mol. The maximum atomic E-state index is 12.2. The number of hydrogen-bond acceptors (Lipinski definition) is 4. The topological polar surface area (TPSA) is 44.8 Å². The van der Waals surface area contributed by atoms with Crippen LogP contribution < -0.4 is 15.0 Å². The molecule has 0 aromatic heterocycles. The van der Waals surface area contributed by atoms with Crippen LogP contribution in [-0.2, 0) is 4.79 Å². The molecular formula is C22H29N3O2. The van der Waals surface area contributed by atoms with Crippen molar-refractivity contribution in [2.45, 2.75) is 20.3 Å². The number of likely N-dealkylation sites (N-methyl/N-ethyl adjacent to an activating group) is 1. The molecule has 2 aromatic rings. The number of nitrogens with zero attached hydrogens (tertiary/aromatic N) is 2. The molecule has 0 aliphatic carbocycles. The maximum absolute atomic E-state index is 12.2. The van der Waals surface area contributed by atoms with Crippen LogP contribution in [0.5, 0.6) is 5.75 Å². The average Bonchev–Trinajstić information content (AvgIpc) is 2.64. The second-order valence-corrected chi connectivity index (χ2v) is 7.25. The minimum atomic E-state index is -0.0295. The van der Waals surface area contributed by atoms with Crippen LogP contribution in [0.2, 0.25) is 0 Å². The molecule has 1 saturated heterocycles. The van der Waals surface area contributed by atoms with E-state index in [0.717, 1.165) is 48.7 Å². The molecular weight excluding hydrogens is 338 g/mol. The van der Waals surface area contributed by atoms with Gasteiger partial charge in [0.05, 0.1) is 13.0 Å². The van der Waals surface area contributed by atoms with E-state index >= 15 is 0 Å².